The van der Waals surface area contributed by atoms with Gasteiger partial charge in [-0.05, 0) is 0 Å². The Morgan fingerprint density at radius 2 is 0.976 bits per heavy atom. The van der Waals surface area contributed by atoms with E-state index >= 15 is 0 Å². The van der Waals surface area contributed by atoms with Crippen molar-refractivity contribution in [3.8, 4) is 0 Å². The molecule has 16 N–H and O–H groups in total. The molecule has 17 atom stereocenters. The van der Waals surface area contributed by atoms with Gasteiger partial charge in [0.05, 0.1) is 13.2 Å². The zero-order chi connectivity index (χ0) is 31.1. The van der Waals surface area contributed by atoms with Crippen LogP contribution in [-0.4, -0.2) is 190 Å². The van der Waals surface area contributed by atoms with Crippen molar-refractivity contribution in [1.29, 1.82) is 0 Å². The predicted octanol–water partition coefficient (Wildman–Crippen LogP) is -10.6. The van der Waals surface area contributed by atoms with E-state index in [1.165, 1.54) is 0 Å². The van der Waals surface area contributed by atoms with E-state index in [4.69, 9.17) is 9.47 Å². The Kier molecular flexibility index (Phi) is 6.80. The first kappa shape index (κ1) is 31.8. The summed E-state index contributed by atoms with van der Waals surface area (Å²) in [5.74, 6) is -22.2. The van der Waals surface area contributed by atoms with Gasteiger partial charge in [0.15, 0.2) is 11.7 Å². The number of ether oxygens (including phenoxy) is 2. The number of fused-ring (bicyclic) bond motifs is 1. The van der Waals surface area contributed by atoms with E-state index < -0.39 is 116 Å². The molecule has 0 aromatic carbocycles. The maximum atomic E-state index is 12.9. The molecule has 5 aliphatic rings. The van der Waals surface area contributed by atoms with Gasteiger partial charge >= 0.3 is 7.82 Å². The number of aliphatic hydroxyl groups excluding tert-OH is 9. The van der Waals surface area contributed by atoms with Gasteiger partial charge in [0.25, 0.3) is 17.4 Å². The molecule has 4 heterocycles. The van der Waals surface area contributed by atoms with Crippen molar-refractivity contribution >= 4 is 7.82 Å². The van der Waals surface area contributed by atoms with Crippen LogP contribution in [0.15, 0.2) is 0 Å². The third-order valence-electron chi connectivity index (χ3n) is 8.49. The van der Waals surface area contributed by atoms with Crippen molar-refractivity contribution in [3.63, 3.8) is 0 Å². The molecular weight excluding hydrogens is 599 g/mol. The fraction of sp³-hybridized carbons (Fsp3) is 1.00. The van der Waals surface area contributed by atoms with Gasteiger partial charge < -0.3 is 91.2 Å². The van der Waals surface area contributed by atoms with Crippen molar-refractivity contribution < 1.29 is 109 Å². The molecule has 5 fully saturated rings. The second-order valence-electron chi connectivity index (χ2n) is 10.5. The smallest absolute Gasteiger partial charge is 0.394 e. The fourth-order valence-electron chi connectivity index (χ4n) is 6.22. The van der Waals surface area contributed by atoms with Crippen LogP contribution in [0.1, 0.15) is 0 Å². The molecule has 0 spiro atoms. The van der Waals surface area contributed by atoms with Crippen LogP contribution in [-0.2, 0) is 27.6 Å². The van der Waals surface area contributed by atoms with Crippen molar-refractivity contribution in [2.24, 2.45) is 0 Å². The second kappa shape index (κ2) is 8.76. The van der Waals surface area contributed by atoms with Crippen molar-refractivity contribution in [2.75, 3.05) is 13.2 Å². The van der Waals surface area contributed by atoms with Gasteiger partial charge in [0.2, 0.25) is 17.2 Å². The molecule has 0 aromatic heterocycles. The zero-order valence-electron chi connectivity index (χ0n) is 20.2. The van der Waals surface area contributed by atoms with E-state index in [2.05, 4.69) is 13.6 Å². The van der Waals surface area contributed by atoms with Gasteiger partial charge in [0, 0.05) is 0 Å². The molecular formula is C18H29O22P. The minimum absolute atomic E-state index is 1.39. The van der Waals surface area contributed by atoms with Gasteiger partial charge in [0.1, 0.15) is 48.8 Å². The standard InChI is InChI=1S/C18H29O22P/c19-1-3-5(21)7(23)9(25)13(29,36-3)12(28)11(27)15(31)17(33)18(34,40-41(35,38-15)39-17)16(12,32)14(30)10(26)8(24)6(22)4(2-20)37-14/h3-11,19-34H,1-2H2/t3-,4-,5-,6-,7+,8+,9+,10+,11-,12+,13-,14-,15-,16-,17-,18-,41?/m1/s1. The fourth-order valence-corrected chi connectivity index (χ4v) is 8.06. The lowest BCUT2D eigenvalue weighted by atomic mass is 9.52. The molecule has 0 radical (unpaired) electrons. The van der Waals surface area contributed by atoms with E-state index in [1.54, 1.807) is 0 Å². The lowest BCUT2D eigenvalue weighted by molar-refractivity contribution is -0.581. The minimum Gasteiger partial charge on any atom is -0.394 e. The lowest BCUT2D eigenvalue weighted by Gasteiger charge is -2.70. The van der Waals surface area contributed by atoms with Crippen molar-refractivity contribution in [1.82, 2.24) is 0 Å². The highest BCUT2D eigenvalue weighted by molar-refractivity contribution is 7.49. The number of phosphoric ester groups is 1. The maximum Gasteiger partial charge on any atom is 0.483 e. The Morgan fingerprint density at radius 1 is 0.561 bits per heavy atom. The van der Waals surface area contributed by atoms with Crippen LogP contribution in [0.25, 0.3) is 0 Å². The lowest BCUT2D eigenvalue weighted by Crippen LogP contribution is -3.01. The van der Waals surface area contributed by atoms with Crippen LogP contribution < -0.4 is 0 Å². The maximum absolute atomic E-state index is 12.9. The topological polar surface area (TPSA) is 387 Å². The molecule has 1 unspecified atom stereocenters. The molecule has 0 aromatic rings. The van der Waals surface area contributed by atoms with E-state index in [0.717, 1.165) is 0 Å². The van der Waals surface area contributed by atoms with Gasteiger partial charge in [-0.15, -0.1) is 0 Å². The summed E-state index contributed by atoms with van der Waals surface area (Å²) in [6.07, 6.45) is -25.1. The molecule has 0 amide bonds. The van der Waals surface area contributed by atoms with Gasteiger partial charge in [-0.25, -0.2) is 18.1 Å². The first-order valence-corrected chi connectivity index (χ1v) is 13.2. The average molecular weight is 628 g/mol. The molecule has 1 saturated carbocycles. The largest absolute Gasteiger partial charge is 0.483 e. The minimum atomic E-state index is -5.60. The molecule has 4 aliphatic heterocycles. The highest BCUT2D eigenvalue weighted by Gasteiger charge is 3.03. The monoisotopic (exact) mass is 628 g/mol. The average Bonchev–Trinajstić information content (AvgIpc) is 3.27. The van der Waals surface area contributed by atoms with Crippen molar-refractivity contribution in [2.45, 2.75) is 95.1 Å². The van der Waals surface area contributed by atoms with Crippen LogP contribution >= 0.6 is 7.82 Å². The van der Waals surface area contributed by atoms with Gasteiger partial charge in [-0.3, -0.25) is 0 Å². The summed E-state index contributed by atoms with van der Waals surface area (Å²) < 4.78 is 36.3. The molecule has 41 heavy (non-hydrogen) atoms. The van der Waals surface area contributed by atoms with Crippen LogP contribution in [0.2, 0.25) is 0 Å². The van der Waals surface area contributed by atoms with Crippen molar-refractivity contribution in [3.05, 3.63) is 0 Å². The van der Waals surface area contributed by atoms with Gasteiger partial charge in [-0.1, -0.05) is 0 Å². The number of phosphoric acid groups is 1. The van der Waals surface area contributed by atoms with Crippen LogP contribution in [0.5, 0.6) is 0 Å². The molecule has 238 valence electrons. The third-order valence-corrected chi connectivity index (χ3v) is 9.97. The van der Waals surface area contributed by atoms with Crippen LogP contribution in [0.4, 0.5) is 0 Å². The molecule has 2 bridgehead atoms. The summed E-state index contributed by atoms with van der Waals surface area (Å²) in [5.41, 5.74) is -9.85. The Hall–Kier alpha value is -0.610. The molecule has 22 nitrogen and oxygen atoms in total. The highest BCUT2D eigenvalue weighted by Crippen LogP contribution is 2.81. The van der Waals surface area contributed by atoms with E-state index in [9.17, 15) is 86.3 Å². The SMILES string of the molecule is O=P12O[C@@]3(O)[C@](O)(O1)[C@](O)(O2)[C@H](O)[C@](O)([C@]1(O)O[C@H](CO)[C@@H](O)[C@H](O)[C@@H]1O)[C@@]3(O)[C@]1(O)O[C@H](CO)[C@@H](O)[C@H](O)[C@@H]1O. The Balaban J connectivity index is 1.87. The molecule has 5 rings (SSSR count). The Bertz CT molecular complexity index is 1140. The summed E-state index contributed by atoms with van der Waals surface area (Å²) in [6, 6.07) is 0. The van der Waals surface area contributed by atoms with Crippen LogP contribution in [0, 0.1) is 0 Å². The number of rotatable bonds is 4. The predicted molar refractivity (Wildman–Crippen MR) is 111 cm³/mol. The Morgan fingerprint density at radius 3 is 1.41 bits per heavy atom. The first-order chi connectivity index (χ1) is 18.6. The number of hydrogen-bond donors (Lipinski definition) is 16. The summed E-state index contributed by atoms with van der Waals surface area (Å²) in [4.78, 5) is 0. The number of aliphatic hydroxyl groups is 16. The molecule has 1 aliphatic carbocycles. The summed E-state index contributed by atoms with van der Waals surface area (Å²) in [7, 11) is -5.60. The van der Waals surface area contributed by atoms with E-state index in [-0.39, 0.29) is 0 Å². The quantitative estimate of drug-likeness (QED) is 0.128. The summed E-state index contributed by atoms with van der Waals surface area (Å²) >= 11 is 0. The van der Waals surface area contributed by atoms with Gasteiger partial charge in [-0.2, -0.15) is 0 Å². The third kappa shape index (κ3) is 3.09. The number of hydrogen-bond acceptors (Lipinski definition) is 22. The van der Waals surface area contributed by atoms with Crippen LogP contribution in [0.3, 0.4) is 0 Å². The second-order valence-corrected chi connectivity index (χ2v) is 11.9. The normalized spacial score (nSPS) is 65.9. The first-order valence-electron chi connectivity index (χ1n) is 11.7. The Labute approximate surface area is 226 Å². The van der Waals surface area contributed by atoms with E-state index in [1.807, 2.05) is 0 Å². The molecule has 4 saturated heterocycles. The summed E-state index contributed by atoms with van der Waals surface area (Å²) in [5, 5.41) is 174. The summed E-state index contributed by atoms with van der Waals surface area (Å²) in [6.45, 7) is -2.79. The van der Waals surface area contributed by atoms with E-state index in [0.29, 0.717) is 0 Å². The highest BCUT2D eigenvalue weighted by atomic mass is 31.2. The molecule has 23 heteroatoms. The zero-order valence-corrected chi connectivity index (χ0v) is 21.1.